The number of anilines is 1. The lowest BCUT2D eigenvalue weighted by Crippen LogP contribution is -2.39. The molecule has 2 amide bonds. The second kappa shape index (κ2) is 9.34. The van der Waals surface area contributed by atoms with E-state index in [0.29, 0.717) is 12.1 Å². The molecule has 1 aromatic carbocycles. The minimum atomic E-state index is -3.81. The maximum absolute atomic E-state index is 13.4. The Morgan fingerprint density at radius 1 is 1.26 bits per heavy atom. The number of hydrogen-bond donors (Lipinski definition) is 2. The summed E-state index contributed by atoms with van der Waals surface area (Å²) in [6.07, 6.45) is 5.21. The van der Waals surface area contributed by atoms with Crippen LogP contribution < -0.4 is 15.4 Å². The number of nitrogens with zero attached hydrogens (tertiary/aromatic N) is 1. The average Bonchev–Trinajstić information content (AvgIpc) is 3.24. The number of hydrogen-bond acceptors (Lipinski definition) is 4. The van der Waals surface area contributed by atoms with Gasteiger partial charge in [-0.25, -0.2) is 0 Å². The van der Waals surface area contributed by atoms with E-state index in [1.807, 2.05) is 12.2 Å². The lowest BCUT2D eigenvalue weighted by Gasteiger charge is -2.34. The molecule has 0 aromatic heterocycles. The topological polar surface area (TPSA) is 70.7 Å². The van der Waals surface area contributed by atoms with E-state index in [2.05, 4.69) is 50.0 Å². The number of allylic oxidation sites excluding steroid dienone is 3. The molecule has 3 atom stereocenters. The third-order valence-electron chi connectivity index (χ3n) is 6.15. The molecule has 3 unspecified atom stereocenters. The first kappa shape index (κ1) is 24.7. The Balaban J connectivity index is 1.60. The van der Waals surface area contributed by atoms with Crippen molar-refractivity contribution in [3.05, 3.63) is 57.7 Å². The number of ether oxygens (including phenoxy) is 1. The first-order chi connectivity index (χ1) is 15.9. The summed E-state index contributed by atoms with van der Waals surface area (Å²) in [6.45, 7) is 5.74. The van der Waals surface area contributed by atoms with Gasteiger partial charge in [-0.3, -0.25) is 9.59 Å². The molecule has 4 rings (SSSR count). The molecule has 182 valence electrons. The van der Waals surface area contributed by atoms with Crippen molar-refractivity contribution in [3.8, 4) is 5.75 Å². The molecule has 6 nitrogen and oxygen atoms in total. The van der Waals surface area contributed by atoms with E-state index in [4.69, 9.17) is 11.6 Å². The summed E-state index contributed by atoms with van der Waals surface area (Å²) >= 11 is 8.47. The number of benzene rings is 1. The Kier molecular flexibility index (Phi) is 6.79. The molecular weight excluding hydrogens is 532 g/mol. The van der Waals surface area contributed by atoms with Crippen molar-refractivity contribution in [2.24, 2.45) is 5.92 Å². The number of carbonyl (C=O) groups is 2. The number of halogens is 4. The van der Waals surface area contributed by atoms with E-state index in [1.54, 1.807) is 0 Å². The highest BCUT2D eigenvalue weighted by Crippen LogP contribution is 2.50. The van der Waals surface area contributed by atoms with Crippen LogP contribution in [-0.2, 0) is 9.59 Å². The van der Waals surface area contributed by atoms with Crippen LogP contribution in [0.5, 0.6) is 5.75 Å². The van der Waals surface area contributed by atoms with Crippen LogP contribution in [0, 0.1) is 5.92 Å². The van der Waals surface area contributed by atoms with Crippen molar-refractivity contribution in [3.63, 3.8) is 0 Å². The third kappa shape index (κ3) is 5.00. The third-order valence-corrected chi connectivity index (χ3v) is 6.86. The van der Waals surface area contributed by atoms with Gasteiger partial charge in [0.25, 0.3) is 0 Å². The number of rotatable bonds is 6. The van der Waals surface area contributed by atoms with Gasteiger partial charge in [-0.05, 0) is 84.1 Å². The summed E-state index contributed by atoms with van der Waals surface area (Å²) in [4.78, 5) is 27.3. The van der Waals surface area contributed by atoms with E-state index >= 15 is 0 Å². The lowest BCUT2D eigenvalue weighted by molar-refractivity contribution is -0.120. The monoisotopic (exact) mass is 555 g/mol. The van der Waals surface area contributed by atoms with Crippen LogP contribution in [0.15, 0.2) is 57.7 Å². The van der Waals surface area contributed by atoms with Gasteiger partial charge in [0, 0.05) is 40.8 Å². The predicted molar refractivity (Wildman–Crippen MR) is 130 cm³/mol. The van der Waals surface area contributed by atoms with E-state index in [1.165, 1.54) is 31.2 Å². The fraction of sp³-hybridized carbons (Fsp3) is 0.417. The highest BCUT2D eigenvalue weighted by atomic mass is 79.9. The lowest BCUT2D eigenvalue weighted by atomic mass is 9.88. The largest absolute Gasteiger partial charge is 0.487 e. The van der Waals surface area contributed by atoms with Gasteiger partial charge in [-0.2, -0.15) is 0 Å². The van der Waals surface area contributed by atoms with Crippen LogP contribution in [0.1, 0.15) is 33.6 Å². The molecule has 0 bridgehead atoms. The van der Waals surface area contributed by atoms with Crippen LogP contribution in [-0.4, -0.2) is 40.4 Å². The van der Waals surface area contributed by atoms with Gasteiger partial charge in [0.05, 0.1) is 17.7 Å². The first-order valence-corrected chi connectivity index (χ1v) is 12.1. The number of alkyl halides is 3. The molecular formula is C24H25BrClF2N3O3. The van der Waals surface area contributed by atoms with Crippen molar-refractivity contribution in [2.75, 3.05) is 5.32 Å². The zero-order chi connectivity index (χ0) is 24.8. The van der Waals surface area contributed by atoms with E-state index in [9.17, 15) is 18.4 Å². The highest BCUT2D eigenvalue weighted by molar-refractivity contribution is 9.11. The second-order valence-electron chi connectivity index (χ2n) is 8.89. The smallest absolute Gasteiger partial charge is 0.420 e. The summed E-state index contributed by atoms with van der Waals surface area (Å²) in [5.41, 5.74) is -0.231. The van der Waals surface area contributed by atoms with Crippen molar-refractivity contribution < 1.29 is 23.1 Å². The molecule has 1 fully saturated rings. The zero-order valence-corrected chi connectivity index (χ0v) is 21.2. The Labute approximate surface area is 210 Å². The summed E-state index contributed by atoms with van der Waals surface area (Å²) in [5.74, 6) is -0.951. The van der Waals surface area contributed by atoms with Crippen LogP contribution in [0.2, 0.25) is 0 Å². The van der Waals surface area contributed by atoms with Crippen molar-refractivity contribution in [1.29, 1.82) is 0 Å². The fourth-order valence-electron chi connectivity index (χ4n) is 5.06. The van der Waals surface area contributed by atoms with Crippen LogP contribution in [0.4, 0.5) is 14.5 Å². The van der Waals surface area contributed by atoms with Gasteiger partial charge < -0.3 is 20.3 Å². The van der Waals surface area contributed by atoms with Gasteiger partial charge in [0.15, 0.2) is 0 Å². The SMILES string of the molecule is CC(=O)NC1CC2=C3C(=C(Br)C=CC3C(=O)Nc3ccc(OC(F)(F)Cl)cc3)N(C(C)C)C2C1. The molecule has 2 aliphatic carbocycles. The van der Waals surface area contributed by atoms with E-state index < -0.39 is 11.5 Å². The normalized spacial score (nSPS) is 23.9. The first-order valence-electron chi connectivity index (χ1n) is 11.0. The Morgan fingerprint density at radius 3 is 2.53 bits per heavy atom. The van der Waals surface area contributed by atoms with E-state index in [0.717, 1.165) is 27.7 Å². The number of fused-ring (bicyclic) bond motifs is 2. The minimum Gasteiger partial charge on any atom is -0.420 e. The molecule has 0 saturated heterocycles. The number of amides is 2. The van der Waals surface area contributed by atoms with Crippen LogP contribution in [0.25, 0.3) is 0 Å². The van der Waals surface area contributed by atoms with E-state index in [-0.39, 0.29) is 35.7 Å². The van der Waals surface area contributed by atoms with Gasteiger partial charge >= 0.3 is 5.57 Å². The van der Waals surface area contributed by atoms with Crippen LogP contribution in [0.3, 0.4) is 0 Å². The summed E-state index contributed by atoms with van der Waals surface area (Å²) < 4.78 is 30.9. The molecule has 2 N–H and O–H groups in total. The minimum absolute atomic E-state index is 0.0220. The second-order valence-corrected chi connectivity index (χ2v) is 10.2. The average molecular weight is 557 g/mol. The maximum atomic E-state index is 13.4. The summed E-state index contributed by atoms with van der Waals surface area (Å²) in [7, 11) is 0. The molecule has 0 radical (unpaired) electrons. The molecule has 1 aliphatic heterocycles. The Hall–Kier alpha value is -2.39. The molecule has 34 heavy (non-hydrogen) atoms. The van der Waals surface area contributed by atoms with Gasteiger partial charge in [-0.15, -0.1) is 8.78 Å². The van der Waals surface area contributed by atoms with Crippen molar-refractivity contribution in [2.45, 2.75) is 57.3 Å². The fourth-order valence-corrected chi connectivity index (χ4v) is 5.72. The summed E-state index contributed by atoms with van der Waals surface area (Å²) in [5, 5.41) is 5.89. The Bertz CT molecular complexity index is 1100. The Morgan fingerprint density at radius 2 is 1.94 bits per heavy atom. The maximum Gasteiger partial charge on any atom is 0.487 e. The molecule has 1 saturated carbocycles. The molecule has 3 aliphatic rings. The van der Waals surface area contributed by atoms with Crippen molar-refractivity contribution in [1.82, 2.24) is 10.2 Å². The quantitative estimate of drug-likeness (QED) is 0.468. The number of carbonyl (C=O) groups excluding carboxylic acids is 2. The van der Waals surface area contributed by atoms with Gasteiger partial charge in [0.1, 0.15) is 5.75 Å². The van der Waals surface area contributed by atoms with Gasteiger partial charge in [-0.1, -0.05) is 6.08 Å². The number of nitrogens with one attached hydrogen (secondary N) is 2. The molecule has 1 heterocycles. The highest BCUT2D eigenvalue weighted by Gasteiger charge is 2.48. The molecule has 1 aromatic rings. The molecule has 0 spiro atoms. The standard InChI is InChI=1S/C24H25BrClF2N3O3/c1-12(2)31-20-11-15(29-13(3)32)10-18(20)21-17(8-9-19(25)22(21)31)23(33)30-14-4-6-16(7-5-14)34-24(26,27)28/h4-9,12,15,17,20H,10-11H2,1-3H3,(H,29,32)(H,30,33). The molecule has 10 heteroatoms. The zero-order valence-electron chi connectivity index (χ0n) is 18.9. The van der Waals surface area contributed by atoms with Crippen LogP contribution >= 0.6 is 27.5 Å². The van der Waals surface area contributed by atoms with Crippen molar-refractivity contribution >= 4 is 45.0 Å². The predicted octanol–water partition coefficient (Wildman–Crippen LogP) is 5.27. The van der Waals surface area contributed by atoms with Gasteiger partial charge in [0.2, 0.25) is 11.8 Å². The summed E-state index contributed by atoms with van der Waals surface area (Å²) in [6, 6.07) is 5.91.